The number of rotatable bonds is 4. The van der Waals surface area contributed by atoms with Crippen molar-refractivity contribution in [3.63, 3.8) is 0 Å². The second-order valence-electron chi connectivity index (χ2n) is 3.51. The van der Waals surface area contributed by atoms with Gasteiger partial charge in [0.25, 0.3) is 5.69 Å². The lowest BCUT2D eigenvalue weighted by molar-refractivity contribution is -0.385. The van der Waals surface area contributed by atoms with Gasteiger partial charge >= 0.3 is 6.01 Å². The molecule has 0 aliphatic rings. The Morgan fingerprint density at radius 3 is 2.70 bits per heavy atom. The largest absolute Gasteiger partial charge is 0.480 e. The number of hydrogen-bond donors (Lipinski definition) is 0. The average molecular weight is 405 g/mol. The summed E-state index contributed by atoms with van der Waals surface area (Å²) < 4.78 is 11.5. The van der Waals surface area contributed by atoms with E-state index in [-0.39, 0.29) is 17.4 Å². The fraction of sp³-hybridized carbons (Fsp3) is 0.0909. The molecule has 0 fully saturated rings. The number of non-ortho nitro benzene ring substituents is 1. The molecule has 1 aromatic heterocycles. The normalized spacial score (nSPS) is 10.2. The number of halogens is 2. The number of ether oxygens (including phenoxy) is 2. The van der Waals surface area contributed by atoms with E-state index in [0.717, 1.165) is 0 Å². The zero-order valence-corrected chi connectivity index (χ0v) is 13.2. The predicted octanol–water partition coefficient (Wildman–Crippen LogP) is 3.71. The highest BCUT2D eigenvalue weighted by Crippen LogP contribution is 2.30. The maximum Gasteiger partial charge on any atom is 0.325 e. The van der Waals surface area contributed by atoms with E-state index in [1.807, 2.05) is 0 Å². The van der Waals surface area contributed by atoms with Crippen molar-refractivity contribution in [3.05, 3.63) is 43.5 Å². The number of nitrogens with zero attached hydrogens (tertiary/aromatic N) is 3. The summed E-state index contributed by atoms with van der Waals surface area (Å²) in [7, 11) is 1.46. The molecule has 0 aliphatic heterocycles. The van der Waals surface area contributed by atoms with Crippen molar-refractivity contribution in [1.29, 1.82) is 0 Å². The summed E-state index contributed by atoms with van der Waals surface area (Å²) in [4.78, 5) is 18.2. The molecule has 9 heteroatoms. The Morgan fingerprint density at radius 2 is 2.05 bits per heavy atom. The van der Waals surface area contributed by atoms with E-state index in [1.165, 1.54) is 25.4 Å². The lowest BCUT2D eigenvalue weighted by Gasteiger charge is -2.06. The minimum absolute atomic E-state index is 0.0254. The summed E-state index contributed by atoms with van der Waals surface area (Å²) in [6, 6.07) is 4.25. The molecule has 0 unspecified atom stereocenters. The van der Waals surface area contributed by atoms with Crippen LogP contribution in [0.4, 0.5) is 5.69 Å². The number of aromatic nitrogens is 2. The summed E-state index contributed by atoms with van der Waals surface area (Å²) in [6.07, 6.45) is 1.47. The van der Waals surface area contributed by atoms with E-state index in [1.54, 1.807) is 6.07 Å². The van der Waals surface area contributed by atoms with Gasteiger partial charge in [-0.05, 0) is 22.0 Å². The zero-order chi connectivity index (χ0) is 14.7. The van der Waals surface area contributed by atoms with E-state index < -0.39 is 4.92 Å². The second-order valence-corrected chi connectivity index (χ2v) is 5.28. The van der Waals surface area contributed by atoms with Gasteiger partial charge in [0.05, 0.1) is 28.8 Å². The van der Waals surface area contributed by atoms with E-state index in [0.29, 0.717) is 14.8 Å². The Morgan fingerprint density at radius 1 is 1.30 bits per heavy atom. The number of nitro benzene ring substituents is 1. The third-order valence-electron chi connectivity index (χ3n) is 2.16. The molecule has 2 aromatic rings. The van der Waals surface area contributed by atoms with Gasteiger partial charge in [-0.15, -0.1) is 0 Å². The van der Waals surface area contributed by atoms with Gasteiger partial charge < -0.3 is 9.47 Å². The standard InChI is InChI=1S/C11H7Br2N3O4/c1-19-10-9(13)5-14-11(15-10)20-8-3-6(12)2-7(4-8)16(17)18/h2-5H,1H3. The third kappa shape index (κ3) is 3.42. The molecule has 7 nitrogen and oxygen atoms in total. The van der Waals surface area contributed by atoms with E-state index in [2.05, 4.69) is 41.8 Å². The van der Waals surface area contributed by atoms with Gasteiger partial charge in [-0.3, -0.25) is 10.1 Å². The summed E-state index contributed by atoms with van der Waals surface area (Å²) in [5, 5.41) is 10.8. The third-order valence-corrected chi connectivity index (χ3v) is 3.16. The first-order chi connectivity index (χ1) is 9.49. The molecule has 20 heavy (non-hydrogen) atoms. The summed E-state index contributed by atoms with van der Waals surface area (Å²) in [5.74, 6) is 0.551. The van der Waals surface area contributed by atoms with Gasteiger partial charge in [-0.1, -0.05) is 15.9 Å². The number of hydrogen-bond acceptors (Lipinski definition) is 6. The Hall–Kier alpha value is -1.74. The molecule has 104 valence electrons. The van der Waals surface area contributed by atoms with Gasteiger partial charge in [0.2, 0.25) is 5.88 Å². The Bertz CT molecular complexity index is 666. The number of benzene rings is 1. The highest BCUT2D eigenvalue weighted by Gasteiger charge is 2.12. The molecule has 0 N–H and O–H groups in total. The van der Waals surface area contributed by atoms with Crippen LogP contribution in [-0.2, 0) is 0 Å². The van der Waals surface area contributed by atoms with Crippen molar-refractivity contribution in [1.82, 2.24) is 9.97 Å². The van der Waals surface area contributed by atoms with Crippen LogP contribution in [0.1, 0.15) is 0 Å². The fourth-order valence-corrected chi connectivity index (χ4v) is 2.16. The van der Waals surface area contributed by atoms with Crippen LogP contribution in [0.2, 0.25) is 0 Å². The highest BCUT2D eigenvalue weighted by atomic mass is 79.9. The Labute approximate surface area is 130 Å². The molecule has 2 rings (SSSR count). The van der Waals surface area contributed by atoms with Gasteiger partial charge in [0.1, 0.15) is 5.75 Å². The zero-order valence-electron chi connectivity index (χ0n) is 10.0. The molecule has 0 saturated carbocycles. The van der Waals surface area contributed by atoms with Crippen LogP contribution in [0.5, 0.6) is 17.6 Å². The molecule has 0 amide bonds. The molecule has 0 radical (unpaired) electrons. The topological polar surface area (TPSA) is 87.4 Å². The molecule has 1 aromatic carbocycles. The van der Waals surface area contributed by atoms with Crippen molar-refractivity contribution in [2.24, 2.45) is 0 Å². The maximum absolute atomic E-state index is 10.8. The van der Waals surface area contributed by atoms with Crippen LogP contribution < -0.4 is 9.47 Å². The Kier molecular flexibility index (Phi) is 4.50. The van der Waals surface area contributed by atoms with Crippen LogP contribution in [0, 0.1) is 10.1 Å². The molecule has 0 spiro atoms. The minimum Gasteiger partial charge on any atom is -0.480 e. The van der Waals surface area contributed by atoms with Crippen molar-refractivity contribution in [2.45, 2.75) is 0 Å². The molecule has 0 bridgehead atoms. The summed E-state index contributed by atoms with van der Waals surface area (Å²) >= 11 is 6.39. The lowest BCUT2D eigenvalue weighted by atomic mass is 10.3. The fourth-order valence-electron chi connectivity index (χ4n) is 1.35. The van der Waals surface area contributed by atoms with Crippen molar-refractivity contribution < 1.29 is 14.4 Å². The van der Waals surface area contributed by atoms with Crippen LogP contribution in [0.3, 0.4) is 0 Å². The van der Waals surface area contributed by atoms with E-state index >= 15 is 0 Å². The molecule has 0 saturated heterocycles. The van der Waals surface area contributed by atoms with E-state index in [4.69, 9.17) is 9.47 Å². The Balaban J connectivity index is 2.32. The predicted molar refractivity (Wildman–Crippen MR) is 77.2 cm³/mol. The molecule has 0 aliphatic carbocycles. The monoisotopic (exact) mass is 403 g/mol. The van der Waals surface area contributed by atoms with Gasteiger partial charge in [-0.25, -0.2) is 4.98 Å². The minimum atomic E-state index is -0.513. The van der Waals surface area contributed by atoms with Crippen molar-refractivity contribution in [3.8, 4) is 17.6 Å². The van der Waals surface area contributed by atoms with Crippen LogP contribution in [-0.4, -0.2) is 22.0 Å². The quantitative estimate of drug-likeness (QED) is 0.570. The first-order valence-electron chi connectivity index (χ1n) is 5.19. The molecule has 1 heterocycles. The lowest BCUT2D eigenvalue weighted by Crippen LogP contribution is -1.96. The summed E-state index contributed by atoms with van der Waals surface area (Å²) in [5.41, 5.74) is -0.0987. The molecular formula is C11H7Br2N3O4. The first kappa shape index (κ1) is 14.7. The number of methoxy groups -OCH3 is 1. The summed E-state index contributed by atoms with van der Waals surface area (Å²) in [6.45, 7) is 0. The highest BCUT2D eigenvalue weighted by molar-refractivity contribution is 9.10. The van der Waals surface area contributed by atoms with Crippen LogP contribution >= 0.6 is 31.9 Å². The second kappa shape index (κ2) is 6.14. The maximum atomic E-state index is 10.8. The molecule has 0 atom stereocenters. The van der Waals surface area contributed by atoms with Crippen LogP contribution in [0.15, 0.2) is 33.3 Å². The van der Waals surface area contributed by atoms with E-state index in [9.17, 15) is 10.1 Å². The van der Waals surface area contributed by atoms with Gasteiger partial charge in [-0.2, -0.15) is 4.98 Å². The smallest absolute Gasteiger partial charge is 0.325 e. The SMILES string of the molecule is COc1nc(Oc2cc(Br)cc([N+](=O)[O-])c2)ncc1Br. The van der Waals surface area contributed by atoms with Gasteiger partial charge in [0, 0.05) is 10.5 Å². The van der Waals surface area contributed by atoms with Crippen LogP contribution in [0.25, 0.3) is 0 Å². The molecular weight excluding hydrogens is 398 g/mol. The van der Waals surface area contributed by atoms with Crippen molar-refractivity contribution in [2.75, 3.05) is 7.11 Å². The van der Waals surface area contributed by atoms with Gasteiger partial charge in [0.15, 0.2) is 0 Å². The first-order valence-corrected chi connectivity index (χ1v) is 6.77. The average Bonchev–Trinajstić information content (AvgIpc) is 2.40. The number of nitro groups is 1. The van der Waals surface area contributed by atoms with Crippen molar-refractivity contribution >= 4 is 37.5 Å².